The maximum atomic E-state index is 5.82. The Morgan fingerprint density at radius 2 is 1.89 bits per heavy atom. The summed E-state index contributed by atoms with van der Waals surface area (Å²) in [5.41, 5.74) is 8.28. The zero-order valence-corrected chi connectivity index (χ0v) is 10.4. The van der Waals surface area contributed by atoms with Gasteiger partial charge in [0.2, 0.25) is 0 Å². The molecule has 0 aliphatic heterocycles. The van der Waals surface area contributed by atoms with E-state index in [0.717, 1.165) is 11.1 Å². The van der Waals surface area contributed by atoms with Crippen molar-refractivity contribution in [1.29, 1.82) is 0 Å². The standard InChI is InChI=1S/C13H15N3O2/c1-3-18-12-6-9(4-5-11(12)14)10-7-15-13(17-2)16-8-10/h4-8H,3,14H2,1-2H3. The first-order valence-corrected chi connectivity index (χ1v) is 5.63. The lowest BCUT2D eigenvalue weighted by Crippen LogP contribution is -1.97. The van der Waals surface area contributed by atoms with Gasteiger partial charge in [-0.1, -0.05) is 6.07 Å². The zero-order valence-electron chi connectivity index (χ0n) is 10.4. The minimum atomic E-state index is 0.347. The van der Waals surface area contributed by atoms with Crippen LogP contribution in [0.4, 0.5) is 5.69 Å². The van der Waals surface area contributed by atoms with Gasteiger partial charge in [-0.3, -0.25) is 0 Å². The predicted molar refractivity (Wildman–Crippen MR) is 69.6 cm³/mol. The van der Waals surface area contributed by atoms with Crippen LogP contribution in [0, 0.1) is 0 Å². The maximum absolute atomic E-state index is 5.82. The van der Waals surface area contributed by atoms with Gasteiger partial charge in [0.1, 0.15) is 5.75 Å². The highest BCUT2D eigenvalue weighted by Crippen LogP contribution is 2.28. The Kier molecular flexibility index (Phi) is 3.62. The molecule has 1 aromatic heterocycles. The number of rotatable bonds is 4. The Hall–Kier alpha value is -2.30. The summed E-state index contributed by atoms with van der Waals surface area (Å²) >= 11 is 0. The largest absolute Gasteiger partial charge is 0.492 e. The van der Waals surface area contributed by atoms with Crippen molar-refractivity contribution in [1.82, 2.24) is 9.97 Å². The first-order chi connectivity index (χ1) is 8.74. The smallest absolute Gasteiger partial charge is 0.316 e. The molecule has 5 heteroatoms. The highest BCUT2D eigenvalue weighted by molar-refractivity contribution is 5.68. The quantitative estimate of drug-likeness (QED) is 0.835. The molecule has 0 spiro atoms. The summed E-state index contributed by atoms with van der Waals surface area (Å²) in [6.45, 7) is 2.50. The van der Waals surface area contributed by atoms with E-state index < -0.39 is 0 Å². The molecule has 2 rings (SSSR count). The number of hydrogen-bond acceptors (Lipinski definition) is 5. The summed E-state index contributed by atoms with van der Waals surface area (Å²) in [5, 5.41) is 0. The van der Waals surface area contributed by atoms with Crippen LogP contribution in [0.25, 0.3) is 11.1 Å². The Morgan fingerprint density at radius 3 is 2.50 bits per heavy atom. The van der Waals surface area contributed by atoms with Crippen LogP contribution >= 0.6 is 0 Å². The third-order valence-corrected chi connectivity index (χ3v) is 2.46. The van der Waals surface area contributed by atoms with Gasteiger partial charge in [-0.2, -0.15) is 0 Å². The fourth-order valence-electron chi connectivity index (χ4n) is 1.57. The maximum Gasteiger partial charge on any atom is 0.316 e. The SMILES string of the molecule is CCOc1cc(-c2cnc(OC)nc2)ccc1N. The molecule has 0 saturated heterocycles. The summed E-state index contributed by atoms with van der Waals surface area (Å²) in [4.78, 5) is 8.13. The lowest BCUT2D eigenvalue weighted by molar-refractivity contribution is 0.342. The molecule has 0 aliphatic rings. The number of aromatic nitrogens is 2. The van der Waals surface area contributed by atoms with Crippen molar-refractivity contribution < 1.29 is 9.47 Å². The van der Waals surface area contributed by atoms with Gasteiger partial charge in [0.25, 0.3) is 0 Å². The molecule has 0 radical (unpaired) electrons. The molecule has 1 aromatic carbocycles. The van der Waals surface area contributed by atoms with Gasteiger partial charge in [0, 0.05) is 18.0 Å². The van der Waals surface area contributed by atoms with Crippen molar-refractivity contribution in [3.63, 3.8) is 0 Å². The van der Waals surface area contributed by atoms with Crippen LogP contribution < -0.4 is 15.2 Å². The molecular weight excluding hydrogens is 230 g/mol. The summed E-state index contributed by atoms with van der Waals surface area (Å²) in [5.74, 6) is 0.672. The number of nitrogen functional groups attached to an aromatic ring is 1. The number of benzene rings is 1. The fraction of sp³-hybridized carbons (Fsp3) is 0.231. The number of hydrogen-bond donors (Lipinski definition) is 1. The van der Waals surface area contributed by atoms with Crippen molar-refractivity contribution >= 4 is 5.69 Å². The predicted octanol–water partition coefficient (Wildman–Crippen LogP) is 2.13. The molecule has 0 aliphatic carbocycles. The minimum Gasteiger partial charge on any atom is -0.492 e. The van der Waals surface area contributed by atoms with Crippen molar-refractivity contribution in [2.75, 3.05) is 19.5 Å². The van der Waals surface area contributed by atoms with Gasteiger partial charge in [-0.25, -0.2) is 9.97 Å². The molecule has 2 aromatic rings. The van der Waals surface area contributed by atoms with Crippen molar-refractivity contribution in [3.8, 4) is 22.9 Å². The summed E-state index contributed by atoms with van der Waals surface area (Å²) in [6.07, 6.45) is 3.40. The third kappa shape index (κ3) is 2.51. The Labute approximate surface area is 106 Å². The molecular formula is C13H15N3O2. The summed E-state index contributed by atoms with van der Waals surface area (Å²) in [6, 6.07) is 5.94. The second-order valence-corrected chi connectivity index (χ2v) is 3.64. The van der Waals surface area contributed by atoms with Gasteiger partial charge < -0.3 is 15.2 Å². The Balaban J connectivity index is 2.34. The average Bonchev–Trinajstić information content (AvgIpc) is 2.42. The Bertz CT molecular complexity index is 526. The zero-order chi connectivity index (χ0) is 13.0. The van der Waals surface area contributed by atoms with Crippen molar-refractivity contribution in [2.45, 2.75) is 6.92 Å². The molecule has 0 bridgehead atoms. The molecule has 0 atom stereocenters. The number of anilines is 1. The second kappa shape index (κ2) is 5.35. The van der Waals surface area contributed by atoms with Crippen molar-refractivity contribution in [2.24, 2.45) is 0 Å². The first-order valence-electron chi connectivity index (χ1n) is 5.63. The highest BCUT2D eigenvalue weighted by Gasteiger charge is 2.05. The van der Waals surface area contributed by atoms with E-state index in [1.165, 1.54) is 7.11 Å². The van der Waals surface area contributed by atoms with E-state index in [9.17, 15) is 0 Å². The summed E-state index contributed by atoms with van der Waals surface area (Å²) < 4.78 is 10.4. The minimum absolute atomic E-state index is 0.347. The lowest BCUT2D eigenvalue weighted by atomic mass is 10.1. The van der Waals surface area contributed by atoms with Gasteiger partial charge >= 0.3 is 6.01 Å². The van der Waals surface area contributed by atoms with E-state index in [-0.39, 0.29) is 0 Å². The lowest BCUT2D eigenvalue weighted by Gasteiger charge is -2.09. The van der Waals surface area contributed by atoms with Gasteiger partial charge in [-0.15, -0.1) is 0 Å². The highest BCUT2D eigenvalue weighted by atomic mass is 16.5. The van der Waals surface area contributed by atoms with Crippen LogP contribution in [-0.4, -0.2) is 23.7 Å². The molecule has 2 N–H and O–H groups in total. The van der Waals surface area contributed by atoms with E-state index in [2.05, 4.69) is 9.97 Å². The third-order valence-electron chi connectivity index (χ3n) is 2.46. The molecule has 1 heterocycles. The summed E-state index contributed by atoms with van der Waals surface area (Å²) in [7, 11) is 1.53. The second-order valence-electron chi connectivity index (χ2n) is 3.64. The van der Waals surface area contributed by atoms with Crippen LogP contribution in [-0.2, 0) is 0 Å². The van der Waals surface area contributed by atoms with E-state index in [4.69, 9.17) is 15.2 Å². The number of nitrogens with zero attached hydrogens (tertiary/aromatic N) is 2. The van der Waals surface area contributed by atoms with E-state index in [1.54, 1.807) is 12.4 Å². The van der Waals surface area contributed by atoms with Crippen LogP contribution in [0.5, 0.6) is 11.8 Å². The van der Waals surface area contributed by atoms with Gasteiger partial charge in [0.15, 0.2) is 0 Å². The van der Waals surface area contributed by atoms with E-state index in [0.29, 0.717) is 24.1 Å². The van der Waals surface area contributed by atoms with Gasteiger partial charge in [0.05, 0.1) is 19.4 Å². The molecule has 0 unspecified atom stereocenters. The monoisotopic (exact) mass is 245 g/mol. The number of ether oxygens (including phenoxy) is 2. The number of nitrogens with two attached hydrogens (primary N) is 1. The molecule has 0 saturated carbocycles. The molecule has 18 heavy (non-hydrogen) atoms. The topological polar surface area (TPSA) is 70.3 Å². The van der Waals surface area contributed by atoms with Crippen LogP contribution in [0.1, 0.15) is 6.92 Å². The van der Waals surface area contributed by atoms with E-state index >= 15 is 0 Å². The molecule has 94 valence electrons. The van der Waals surface area contributed by atoms with Crippen LogP contribution in [0.15, 0.2) is 30.6 Å². The van der Waals surface area contributed by atoms with E-state index in [1.807, 2.05) is 25.1 Å². The fourth-order valence-corrected chi connectivity index (χ4v) is 1.57. The number of methoxy groups -OCH3 is 1. The molecule has 0 fully saturated rings. The molecule has 0 amide bonds. The Morgan fingerprint density at radius 1 is 1.17 bits per heavy atom. The van der Waals surface area contributed by atoms with Crippen LogP contribution in [0.2, 0.25) is 0 Å². The normalized spacial score (nSPS) is 10.1. The van der Waals surface area contributed by atoms with Crippen molar-refractivity contribution in [3.05, 3.63) is 30.6 Å². The molecule has 5 nitrogen and oxygen atoms in total. The van der Waals surface area contributed by atoms with Gasteiger partial charge in [-0.05, 0) is 24.6 Å². The first kappa shape index (κ1) is 12.2. The average molecular weight is 245 g/mol. The van der Waals surface area contributed by atoms with Crippen LogP contribution in [0.3, 0.4) is 0 Å².